The van der Waals surface area contributed by atoms with E-state index in [1.165, 1.54) is 25.7 Å². The van der Waals surface area contributed by atoms with Crippen molar-refractivity contribution in [2.45, 2.75) is 58.8 Å². The van der Waals surface area contributed by atoms with Gasteiger partial charge in [-0.15, -0.1) is 0 Å². The van der Waals surface area contributed by atoms with Gasteiger partial charge in [0.25, 0.3) is 0 Å². The van der Waals surface area contributed by atoms with Gasteiger partial charge in [-0.2, -0.15) is 0 Å². The zero-order valence-electron chi connectivity index (χ0n) is 9.60. The Balaban J connectivity index is 2.97. The first-order valence-corrected chi connectivity index (χ1v) is 5.91. The fourth-order valence-electron chi connectivity index (χ4n) is 2.55. The van der Waals surface area contributed by atoms with E-state index in [9.17, 15) is 0 Å². The van der Waals surface area contributed by atoms with E-state index in [-0.39, 0.29) is 5.41 Å². The molecule has 0 heterocycles. The molecule has 0 aromatic carbocycles. The van der Waals surface area contributed by atoms with Crippen LogP contribution in [0.3, 0.4) is 0 Å². The molecule has 1 aliphatic carbocycles. The Kier molecular flexibility index (Phi) is 3.85. The van der Waals surface area contributed by atoms with Crippen LogP contribution in [-0.4, -0.2) is 0 Å². The summed E-state index contributed by atoms with van der Waals surface area (Å²) in [6.45, 7) is 4.45. The van der Waals surface area contributed by atoms with E-state index in [2.05, 4.69) is 13.8 Å². The molecule has 0 bridgehead atoms. The first-order chi connectivity index (χ1) is 6.66. The molecule has 0 radical (unpaired) electrons. The highest BCUT2D eigenvalue weighted by atomic mass is 14.7. The molecule has 0 saturated carbocycles. The lowest BCUT2D eigenvalue weighted by Crippen LogP contribution is -2.31. The van der Waals surface area contributed by atoms with Crippen LogP contribution < -0.4 is 11.5 Å². The smallest absolute Gasteiger partial charge is 0.0334 e. The van der Waals surface area contributed by atoms with Crippen molar-refractivity contribution < 1.29 is 0 Å². The third kappa shape index (κ3) is 2.05. The molecule has 0 aromatic rings. The lowest BCUT2D eigenvalue weighted by Gasteiger charge is -2.35. The molecule has 0 aliphatic heterocycles. The van der Waals surface area contributed by atoms with E-state index in [1.54, 1.807) is 0 Å². The topological polar surface area (TPSA) is 52.0 Å². The predicted octanol–water partition coefficient (Wildman–Crippen LogP) is 2.89. The second kappa shape index (κ2) is 4.72. The van der Waals surface area contributed by atoms with Gasteiger partial charge < -0.3 is 11.5 Å². The molecule has 1 aliphatic rings. The fraction of sp³-hybridized carbons (Fsp3) is 0.833. The van der Waals surface area contributed by atoms with E-state index in [0.717, 1.165) is 30.7 Å². The number of rotatable bonds is 2. The van der Waals surface area contributed by atoms with Crippen molar-refractivity contribution in [1.82, 2.24) is 0 Å². The largest absolute Gasteiger partial charge is 0.401 e. The fourth-order valence-corrected chi connectivity index (χ4v) is 2.55. The summed E-state index contributed by atoms with van der Waals surface area (Å²) < 4.78 is 0. The van der Waals surface area contributed by atoms with Crippen LogP contribution in [0.4, 0.5) is 0 Å². The summed E-state index contributed by atoms with van der Waals surface area (Å²) in [5.41, 5.74) is 14.4. The highest BCUT2D eigenvalue weighted by molar-refractivity contribution is 5.17. The van der Waals surface area contributed by atoms with Gasteiger partial charge in [0.15, 0.2) is 0 Å². The average molecular weight is 196 g/mol. The molecule has 0 saturated heterocycles. The van der Waals surface area contributed by atoms with Gasteiger partial charge in [-0.25, -0.2) is 0 Å². The molecule has 0 atom stereocenters. The second-order valence-electron chi connectivity index (χ2n) is 4.49. The number of nitrogens with two attached hydrogens (primary N) is 2. The summed E-state index contributed by atoms with van der Waals surface area (Å²) in [7, 11) is 0. The maximum absolute atomic E-state index is 6.20. The minimum absolute atomic E-state index is 0.199. The van der Waals surface area contributed by atoms with Gasteiger partial charge in [-0.3, -0.25) is 0 Å². The van der Waals surface area contributed by atoms with E-state index >= 15 is 0 Å². The van der Waals surface area contributed by atoms with E-state index in [0.29, 0.717) is 0 Å². The van der Waals surface area contributed by atoms with Gasteiger partial charge in [0, 0.05) is 16.8 Å². The summed E-state index contributed by atoms with van der Waals surface area (Å²) in [4.78, 5) is 0. The lowest BCUT2D eigenvalue weighted by molar-refractivity contribution is 0.275. The second-order valence-corrected chi connectivity index (χ2v) is 4.49. The Bertz CT molecular complexity index is 214. The van der Waals surface area contributed by atoms with Crippen LogP contribution in [0, 0.1) is 5.41 Å². The Morgan fingerprint density at radius 3 is 2.29 bits per heavy atom. The summed E-state index contributed by atoms with van der Waals surface area (Å²) in [5.74, 6) is 0. The Labute approximate surface area is 87.7 Å². The average Bonchev–Trinajstić information content (AvgIpc) is 2.21. The summed E-state index contributed by atoms with van der Waals surface area (Å²) in [6.07, 6.45) is 8.26. The maximum atomic E-state index is 6.20. The van der Waals surface area contributed by atoms with Crippen LogP contribution in [0.1, 0.15) is 58.8 Å². The summed E-state index contributed by atoms with van der Waals surface area (Å²) in [5, 5.41) is 0. The molecule has 0 aromatic heterocycles. The van der Waals surface area contributed by atoms with Gasteiger partial charge in [-0.05, 0) is 32.1 Å². The molecule has 14 heavy (non-hydrogen) atoms. The minimum atomic E-state index is 0.199. The molecule has 0 fully saturated rings. The van der Waals surface area contributed by atoms with Crippen LogP contribution in [0.5, 0.6) is 0 Å². The monoisotopic (exact) mass is 196 g/mol. The molecular weight excluding hydrogens is 172 g/mol. The van der Waals surface area contributed by atoms with Crippen molar-refractivity contribution in [1.29, 1.82) is 0 Å². The third-order valence-corrected chi connectivity index (χ3v) is 3.87. The van der Waals surface area contributed by atoms with Crippen molar-refractivity contribution in [2.75, 3.05) is 0 Å². The zero-order valence-corrected chi connectivity index (χ0v) is 9.60. The van der Waals surface area contributed by atoms with Crippen LogP contribution >= 0.6 is 0 Å². The van der Waals surface area contributed by atoms with Gasteiger partial charge >= 0.3 is 0 Å². The van der Waals surface area contributed by atoms with Gasteiger partial charge in [-0.1, -0.05) is 26.7 Å². The van der Waals surface area contributed by atoms with Crippen molar-refractivity contribution >= 4 is 0 Å². The molecular formula is C12H24N2. The van der Waals surface area contributed by atoms with Crippen LogP contribution in [0.2, 0.25) is 0 Å². The zero-order chi connectivity index (χ0) is 10.6. The standard InChI is InChI=1S/C12H24N2/c1-3-12(4-2)9-7-5-6-8-10(13)11(12)14/h3-9,13-14H2,1-2H3/b11-10-. The molecule has 2 nitrogen and oxygen atoms in total. The molecule has 82 valence electrons. The summed E-state index contributed by atoms with van der Waals surface area (Å²) >= 11 is 0. The number of hydrogen-bond donors (Lipinski definition) is 2. The van der Waals surface area contributed by atoms with Crippen molar-refractivity contribution in [3.8, 4) is 0 Å². The molecule has 2 heteroatoms. The highest BCUT2D eigenvalue weighted by Gasteiger charge is 2.31. The van der Waals surface area contributed by atoms with Gasteiger partial charge in [0.2, 0.25) is 0 Å². The normalized spacial score (nSPS) is 28.1. The van der Waals surface area contributed by atoms with E-state index < -0.39 is 0 Å². The minimum Gasteiger partial charge on any atom is -0.401 e. The van der Waals surface area contributed by atoms with Gasteiger partial charge in [0.1, 0.15) is 0 Å². The highest BCUT2D eigenvalue weighted by Crippen LogP contribution is 2.40. The Morgan fingerprint density at radius 1 is 1.07 bits per heavy atom. The maximum Gasteiger partial charge on any atom is 0.0334 e. The van der Waals surface area contributed by atoms with Crippen LogP contribution in [-0.2, 0) is 0 Å². The molecule has 0 spiro atoms. The number of hydrogen-bond acceptors (Lipinski definition) is 2. The number of allylic oxidation sites excluding steroid dienone is 2. The molecule has 0 amide bonds. The van der Waals surface area contributed by atoms with Crippen molar-refractivity contribution in [2.24, 2.45) is 16.9 Å². The molecule has 4 N–H and O–H groups in total. The quantitative estimate of drug-likeness (QED) is 0.713. The van der Waals surface area contributed by atoms with Gasteiger partial charge in [0.05, 0.1) is 0 Å². The van der Waals surface area contributed by atoms with Crippen LogP contribution in [0.15, 0.2) is 11.4 Å². The van der Waals surface area contributed by atoms with E-state index in [4.69, 9.17) is 11.5 Å². The SMILES string of the molecule is CCC1(CC)CCCCC/C(N)=C\1N. The lowest BCUT2D eigenvalue weighted by atomic mass is 9.73. The predicted molar refractivity (Wildman–Crippen MR) is 61.5 cm³/mol. The first-order valence-electron chi connectivity index (χ1n) is 5.91. The molecule has 0 unspecified atom stereocenters. The third-order valence-electron chi connectivity index (χ3n) is 3.87. The molecule has 1 rings (SSSR count). The Morgan fingerprint density at radius 2 is 1.71 bits per heavy atom. The Hall–Kier alpha value is -0.660. The van der Waals surface area contributed by atoms with Crippen molar-refractivity contribution in [3.63, 3.8) is 0 Å². The van der Waals surface area contributed by atoms with Crippen molar-refractivity contribution in [3.05, 3.63) is 11.4 Å². The van der Waals surface area contributed by atoms with Crippen LogP contribution in [0.25, 0.3) is 0 Å². The van der Waals surface area contributed by atoms with E-state index in [1.807, 2.05) is 0 Å². The first kappa shape index (κ1) is 11.4. The summed E-state index contributed by atoms with van der Waals surface area (Å²) in [6, 6.07) is 0.